The van der Waals surface area contributed by atoms with Gasteiger partial charge in [-0.25, -0.2) is 4.79 Å². The van der Waals surface area contributed by atoms with Crippen LogP contribution in [0.25, 0.3) is 10.9 Å². The molecule has 0 N–H and O–H groups in total. The molecule has 0 atom stereocenters. The van der Waals surface area contributed by atoms with Gasteiger partial charge in [0.2, 0.25) is 0 Å². The average molecular weight is 360 g/mol. The van der Waals surface area contributed by atoms with E-state index in [0.717, 1.165) is 26.3 Å². The summed E-state index contributed by atoms with van der Waals surface area (Å²) in [6.07, 6.45) is 0. The Kier molecular flexibility index (Phi) is 4.88. The number of aromatic nitrogens is 1. The summed E-state index contributed by atoms with van der Waals surface area (Å²) in [6.45, 7) is 4.21. The first kappa shape index (κ1) is 16.9. The molecule has 0 unspecified atom stereocenters. The molecule has 0 amide bonds. The minimum atomic E-state index is -0.301. The van der Waals surface area contributed by atoms with Crippen molar-refractivity contribution in [3.8, 4) is 0 Å². The highest BCUT2D eigenvalue weighted by Crippen LogP contribution is 2.39. The van der Waals surface area contributed by atoms with Crippen LogP contribution < -0.4 is 0 Å². The quantitative estimate of drug-likeness (QED) is 0.579. The van der Waals surface area contributed by atoms with E-state index in [0.29, 0.717) is 17.3 Å². The SMILES string of the molecule is CCOC(=O)c1c(Sc2ccc(Cl)cc2)c2ccc(C)cc2n1C. The number of nitrogens with zero attached hydrogens (tertiary/aromatic N) is 1. The highest BCUT2D eigenvalue weighted by Gasteiger charge is 2.23. The minimum Gasteiger partial charge on any atom is -0.461 e. The smallest absolute Gasteiger partial charge is 0.356 e. The monoisotopic (exact) mass is 359 g/mol. The second-order valence-corrected chi connectivity index (χ2v) is 7.05. The van der Waals surface area contributed by atoms with E-state index < -0.39 is 0 Å². The Balaban J connectivity index is 2.17. The Morgan fingerprint density at radius 1 is 1.21 bits per heavy atom. The van der Waals surface area contributed by atoms with Gasteiger partial charge in [-0.3, -0.25) is 0 Å². The van der Waals surface area contributed by atoms with E-state index >= 15 is 0 Å². The molecule has 1 aromatic heterocycles. The van der Waals surface area contributed by atoms with Crippen LogP contribution in [0.1, 0.15) is 23.0 Å². The number of carbonyl (C=O) groups excluding carboxylic acids is 1. The molecule has 0 saturated carbocycles. The Morgan fingerprint density at radius 3 is 2.58 bits per heavy atom. The first-order valence-corrected chi connectivity index (χ1v) is 8.90. The Labute approximate surface area is 150 Å². The molecule has 0 fully saturated rings. The van der Waals surface area contributed by atoms with Gasteiger partial charge in [0.25, 0.3) is 0 Å². The summed E-state index contributed by atoms with van der Waals surface area (Å²) in [7, 11) is 1.90. The number of aryl methyl sites for hydroxylation is 2. The second-order valence-electron chi connectivity index (χ2n) is 5.53. The van der Waals surface area contributed by atoms with Crippen molar-refractivity contribution >= 4 is 40.2 Å². The molecule has 3 nitrogen and oxygen atoms in total. The number of ether oxygens (including phenoxy) is 1. The first-order valence-electron chi connectivity index (χ1n) is 7.71. The van der Waals surface area contributed by atoms with Crippen LogP contribution in [0.3, 0.4) is 0 Å². The summed E-state index contributed by atoms with van der Waals surface area (Å²) in [5.41, 5.74) is 2.76. The van der Waals surface area contributed by atoms with E-state index in [1.54, 1.807) is 11.8 Å². The van der Waals surface area contributed by atoms with Gasteiger partial charge in [-0.15, -0.1) is 0 Å². The molecule has 24 heavy (non-hydrogen) atoms. The zero-order valence-electron chi connectivity index (χ0n) is 13.8. The Bertz CT molecular complexity index is 900. The lowest BCUT2D eigenvalue weighted by atomic mass is 10.2. The zero-order chi connectivity index (χ0) is 17.3. The molecule has 0 aliphatic rings. The molecule has 0 aliphatic carbocycles. The molecule has 124 valence electrons. The van der Waals surface area contributed by atoms with Gasteiger partial charge in [0.1, 0.15) is 5.69 Å². The number of fused-ring (bicyclic) bond motifs is 1. The van der Waals surface area contributed by atoms with Crippen LogP contribution in [0, 0.1) is 6.92 Å². The van der Waals surface area contributed by atoms with Crippen LogP contribution in [-0.2, 0) is 11.8 Å². The van der Waals surface area contributed by atoms with Crippen LogP contribution in [0.4, 0.5) is 0 Å². The highest BCUT2D eigenvalue weighted by atomic mass is 35.5. The van der Waals surface area contributed by atoms with Gasteiger partial charge < -0.3 is 9.30 Å². The summed E-state index contributed by atoms with van der Waals surface area (Å²) < 4.78 is 7.19. The number of halogens is 1. The third-order valence-corrected chi connectivity index (χ3v) is 5.19. The van der Waals surface area contributed by atoms with Crippen molar-refractivity contribution in [2.75, 3.05) is 6.61 Å². The fraction of sp³-hybridized carbons (Fsp3) is 0.211. The van der Waals surface area contributed by atoms with Crippen molar-refractivity contribution in [1.29, 1.82) is 0 Å². The first-order chi connectivity index (χ1) is 11.5. The van der Waals surface area contributed by atoms with Gasteiger partial charge >= 0.3 is 5.97 Å². The van der Waals surface area contributed by atoms with Gasteiger partial charge in [0.15, 0.2) is 0 Å². The zero-order valence-corrected chi connectivity index (χ0v) is 15.4. The van der Waals surface area contributed by atoms with Gasteiger partial charge in [-0.2, -0.15) is 0 Å². The van der Waals surface area contributed by atoms with Crippen LogP contribution in [-0.4, -0.2) is 17.1 Å². The maximum Gasteiger partial charge on any atom is 0.356 e. The number of esters is 1. The van der Waals surface area contributed by atoms with Crippen molar-refractivity contribution in [1.82, 2.24) is 4.57 Å². The average Bonchev–Trinajstić information content (AvgIpc) is 2.82. The molecule has 2 aromatic carbocycles. The molecule has 3 aromatic rings. The number of benzene rings is 2. The van der Waals surface area contributed by atoms with Gasteiger partial charge in [0.05, 0.1) is 11.5 Å². The van der Waals surface area contributed by atoms with E-state index in [9.17, 15) is 4.79 Å². The van der Waals surface area contributed by atoms with E-state index in [-0.39, 0.29) is 5.97 Å². The fourth-order valence-electron chi connectivity index (χ4n) is 2.66. The summed E-state index contributed by atoms with van der Waals surface area (Å²) in [4.78, 5) is 14.4. The van der Waals surface area contributed by atoms with Crippen molar-refractivity contribution in [2.24, 2.45) is 7.05 Å². The molecule has 0 bridgehead atoms. The summed E-state index contributed by atoms with van der Waals surface area (Å²) in [5, 5.41) is 1.74. The van der Waals surface area contributed by atoms with Gasteiger partial charge in [-0.05, 0) is 49.7 Å². The maximum atomic E-state index is 12.5. The van der Waals surface area contributed by atoms with Gasteiger partial charge in [0, 0.05) is 27.9 Å². The molecule has 1 heterocycles. The number of hydrogen-bond acceptors (Lipinski definition) is 3. The Hall–Kier alpha value is -1.91. The molecule has 0 aliphatic heterocycles. The van der Waals surface area contributed by atoms with Crippen molar-refractivity contribution in [2.45, 2.75) is 23.6 Å². The van der Waals surface area contributed by atoms with Crippen LogP contribution >= 0.6 is 23.4 Å². The molecule has 5 heteroatoms. The maximum absolute atomic E-state index is 12.5. The topological polar surface area (TPSA) is 31.2 Å². The van der Waals surface area contributed by atoms with Crippen LogP contribution in [0.15, 0.2) is 52.3 Å². The number of rotatable bonds is 4. The fourth-order valence-corrected chi connectivity index (χ4v) is 3.90. The number of hydrogen-bond donors (Lipinski definition) is 0. The second kappa shape index (κ2) is 6.91. The highest BCUT2D eigenvalue weighted by molar-refractivity contribution is 7.99. The van der Waals surface area contributed by atoms with E-state index in [1.807, 2.05) is 49.7 Å². The van der Waals surface area contributed by atoms with Crippen LogP contribution in [0.5, 0.6) is 0 Å². The van der Waals surface area contributed by atoms with Crippen molar-refractivity contribution < 1.29 is 9.53 Å². The summed E-state index contributed by atoms with van der Waals surface area (Å²) in [5.74, 6) is -0.301. The van der Waals surface area contributed by atoms with Crippen molar-refractivity contribution in [3.05, 3.63) is 58.7 Å². The number of carbonyl (C=O) groups is 1. The van der Waals surface area contributed by atoms with E-state index in [2.05, 4.69) is 18.2 Å². The van der Waals surface area contributed by atoms with Gasteiger partial charge in [-0.1, -0.05) is 35.5 Å². The lowest BCUT2D eigenvalue weighted by Crippen LogP contribution is -2.10. The molecule has 0 spiro atoms. The molecule has 0 saturated heterocycles. The predicted molar refractivity (Wildman–Crippen MR) is 99.2 cm³/mol. The normalized spacial score (nSPS) is 11.0. The molecule has 0 radical (unpaired) electrons. The van der Waals surface area contributed by atoms with E-state index in [4.69, 9.17) is 16.3 Å². The Morgan fingerprint density at radius 2 is 1.92 bits per heavy atom. The predicted octanol–water partition coefficient (Wildman–Crippen LogP) is 5.47. The largest absolute Gasteiger partial charge is 0.461 e. The lowest BCUT2D eigenvalue weighted by Gasteiger charge is -2.07. The molecular formula is C19H18ClNO2S. The van der Waals surface area contributed by atoms with E-state index in [1.165, 1.54) is 0 Å². The summed E-state index contributed by atoms with van der Waals surface area (Å²) >= 11 is 7.52. The summed E-state index contributed by atoms with van der Waals surface area (Å²) in [6, 6.07) is 13.8. The molecule has 3 rings (SSSR count). The third kappa shape index (κ3) is 3.17. The molecular weight excluding hydrogens is 342 g/mol. The minimum absolute atomic E-state index is 0.301. The standard InChI is InChI=1S/C19H18ClNO2S/c1-4-23-19(22)17-18(24-14-8-6-13(20)7-9-14)15-10-5-12(2)11-16(15)21(17)3/h5-11H,4H2,1-3H3. The lowest BCUT2D eigenvalue weighted by molar-refractivity contribution is 0.0511. The van der Waals surface area contributed by atoms with Crippen LogP contribution in [0.2, 0.25) is 5.02 Å². The van der Waals surface area contributed by atoms with Crippen molar-refractivity contribution in [3.63, 3.8) is 0 Å². The third-order valence-electron chi connectivity index (χ3n) is 3.81.